The molecule has 22 heavy (non-hydrogen) atoms. The quantitative estimate of drug-likeness (QED) is 0.599. The van der Waals surface area contributed by atoms with Gasteiger partial charge in [-0.05, 0) is 31.9 Å². The Morgan fingerprint density at radius 2 is 1.68 bits per heavy atom. The van der Waals surface area contributed by atoms with E-state index in [0.29, 0.717) is 18.5 Å². The zero-order valence-electron chi connectivity index (χ0n) is 12.3. The molecule has 2 amide bonds. The molecule has 1 aromatic heterocycles. The molecule has 2 aromatic rings. The van der Waals surface area contributed by atoms with Gasteiger partial charge in [-0.3, -0.25) is 14.6 Å². The Hall–Kier alpha value is -2.49. The Labute approximate surface area is 128 Å². The topological polar surface area (TPSA) is 50.3 Å². The predicted octanol–water partition coefficient (Wildman–Crippen LogP) is 3.00. The smallest absolute Gasteiger partial charge is 0.238 e. The highest BCUT2D eigenvalue weighted by atomic mass is 16.2. The summed E-state index contributed by atoms with van der Waals surface area (Å²) in [5.41, 5.74) is 2.21. The summed E-state index contributed by atoms with van der Waals surface area (Å²) >= 11 is 0. The highest BCUT2D eigenvalue weighted by Crippen LogP contribution is 2.39. The number of allylic oxidation sites excluding steroid dienone is 2. The van der Waals surface area contributed by atoms with Crippen LogP contribution < -0.4 is 4.90 Å². The maximum absolute atomic E-state index is 12.7. The predicted molar refractivity (Wildman–Crippen MR) is 84.3 cm³/mol. The first kappa shape index (κ1) is 13.2. The number of hydrogen-bond acceptors (Lipinski definition) is 3. The summed E-state index contributed by atoms with van der Waals surface area (Å²) in [6.45, 7) is 1.91. The maximum atomic E-state index is 12.7. The molecule has 1 fully saturated rings. The number of nitrogens with zero attached hydrogens (tertiary/aromatic N) is 2. The molecule has 1 aliphatic carbocycles. The van der Waals surface area contributed by atoms with Crippen molar-refractivity contribution in [3.63, 3.8) is 0 Å². The van der Waals surface area contributed by atoms with E-state index in [9.17, 15) is 9.59 Å². The van der Waals surface area contributed by atoms with Gasteiger partial charge >= 0.3 is 0 Å². The molecular formula is C18H16N2O2. The number of fused-ring (bicyclic) bond motifs is 2. The van der Waals surface area contributed by atoms with Gasteiger partial charge in [0.15, 0.2) is 0 Å². The Kier molecular flexibility index (Phi) is 2.86. The number of aromatic nitrogens is 1. The lowest BCUT2D eigenvalue weighted by atomic mass is 9.85. The summed E-state index contributed by atoms with van der Waals surface area (Å²) in [6.07, 6.45) is 5.31. The summed E-state index contributed by atoms with van der Waals surface area (Å²) in [5.74, 6) is -0.597. The number of aryl methyl sites for hydroxylation is 1. The summed E-state index contributed by atoms with van der Waals surface area (Å²) in [4.78, 5) is 31.3. The molecule has 2 atom stereocenters. The third kappa shape index (κ3) is 1.80. The highest BCUT2D eigenvalue weighted by Gasteiger charge is 2.48. The van der Waals surface area contributed by atoms with Crippen LogP contribution in [0.1, 0.15) is 18.5 Å². The fraction of sp³-hybridized carbons (Fsp3) is 0.278. The van der Waals surface area contributed by atoms with Gasteiger partial charge in [0.25, 0.3) is 0 Å². The maximum Gasteiger partial charge on any atom is 0.238 e. The van der Waals surface area contributed by atoms with Gasteiger partial charge in [-0.1, -0.05) is 30.4 Å². The summed E-state index contributed by atoms with van der Waals surface area (Å²) in [5, 5.41) is 0.941. The SMILES string of the molecule is Cc1ccc2cccc(N3C(=O)C4CC=CCC4C3=O)c2n1. The van der Waals surface area contributed by atoms with E-state index in [1.165, 1.54) is 4.90 Å². The number of carbonyl (C=O) groups excluding carboxylic acids is 2. The first-order valence-corrected chi connectivity index (χ1v) is 7.56. The average Bonchev–Trinajstić information content (AvgIpc) is 2.79. The number of carbonyl (C=O) groups is 2. The molecule has 110 valence electrons. The van der Waals surface area contributed by atoms with Crippen LogP contribution >= 0.6 is 0 Å². The van der Waals surface area contributed by atoms with Gasteiger partial charge in [-0.15, -0.1) is 0 Å². The molecule has 1 saturated heterocycles. The van der Waals surface area contributed by atoms with Crippen LogP contribution in [0.5, 0.6) is 0 Å². The minimum atomic E-state index is -0.211. The highest BCUT2D eigenvalue weighted by molar-refractivity contribution is 6.24. The second-order valence-electron chi connectivity index (χ2n) is 5.97. The van der Waals surface area contributed by atoms with Crippen molar-refractivity contribution in [2.75, 3.05) is 4.90 Å². The zero-order valence-corrected chi connectivity index (χ0v) is 12.3. The number of rotatable bonds is 1. The first-order valence-electron chi connectivity index (χ1n) is 7.56. The van der Waals surface area contributed by atoms with Crippen molar-refractivity contribution >= 4 is 28.4 Å². The lowest BCUT2D eigenvalue weighted by molar-refractivity contribution is -0.122. The third-order valence-corrected chi connectivity index (χ3v) is 4.59. The molecular weight excluding hydrogens is 276 g/mol. The number of imide groups is 1. The molecule has 0 radical (unpaired) electrons. The standard InChI is InChI=1S/C18H16N2O2/c1-11-9-10-12-5-4-8-15(16(12)19-11)20-17(21)13-6-2-3-7-14(13)18(20)22/h2-5,8-10,13-14H,6-7H2,1H3. The molecule has 0 N–H and O–H groups in total. The minimum Gasteiger partial charge on any atom is -0.274 e. The van der Waals surface area contributed by atoms with E-state index in [2.05, 4.69) is 4.98 Å². The zero-order chi connectivity index (χ0) is 15.3. The molecule has 0 spiro atoms. The van der Waals surface area contributed by atoms with Crippen molar-refractivity contribution in [1.82, 2.24) is 4.98 Å². The van der Waals surface area contributed by atoms with Crippen molar-refractivity contribution in [1.29, 1.82) is 0 Å². The van der Waals surface area contributed by atoms with Crippen molar-refractivity contribution in [2.45, 2.75) is 19.8 Å². The van der Waals surface area contributed by atoms with E-state index < -0.39 is 0 Å². The van der Waals surface area contributed by atoms with E-state index >= 15 is 0 Å². The van der Waals surface area contributed by atoms with E-state index in [-0.39, 0.29) is 23.7 Å². The van der Waals surface area contributed by atoms with Crippen LogP contribution in [0.25, 0.3) is 10.9 Å². The molecule has 0 saturated carbocycles. The molecule has 4 rings (SSSR count). The number of pyridine rings is 1. The minimum absolute atomic E-state index is 0.0878. The van der Waals surface area contributed by atoms with Crippen molar-refractivity contribution in [2.24, 2.45) is 11.8 Å². The van der Waals surface area contributed by atoms with E-state index in [4.69, 9.17) is 0 Å². The van der Waals surface area contributed by atoms with Gasteiger partial charge in [0.2, 0.25) is 11.8 Å². The van der Waals surface area contributed by atoms with Crippen LogP contribution in [-0.2, 0) is 9.59 Å². The number of amides is 2. The van der Waals surface area contributed by atoms with Crippen LogP contribution in [-0.4, -0.2) is 16.8 Å². The van der Waals surface area contributed by atoms with E-state index in [1.54, 1.807) is 0 Å². The van der Waals surface area contributed by atoms with Crippen LogP contribution in [0.4, 0.5) is 5.69 Å². The van der Waals surface area contributed by atoms with Gasteiger partial charge in [-0.2, -0.15) is 0 Å². The molecule has 2 aliphatic rings. The van der Waals surface area contributed by atoms with Crippen LogP contribution in [0.15, 0.2) is 42.5 Å². The Bertz CT molecular complexity index is 799. The number of para-hydroxylation sites is 1. The lowest BCUT2D eigenvalue weighted by Gasteiger charge is -2.16. The van der Waals surface area contributed by atoms with Crippen molar-refractivity contribution < 1.29 is 9.59 Å². The number of anilines is 1. The van der Waals surface area contributed by atoms with Crippen LogP contribution in [0.2, 0.25) is 0 Å². The Balaban J connectivity index is 1.87. The first-order chi connectivity index (χ1) is 10.7. The fourth-order valence-electron chi connectivity index (χ4n) is 3.45. The summed E-state index contributed by atoms with van der Waals surface area (Å²) < 4.78 is 0. The number of hydrogen-bond donors (Lipinski definition) is 0. The summed E-state index contributed by atoms with van der Waals surface area (Å²) in [6, 6.07) is 9.54. The van der Waals surface area contributed by atoms with Crippen molar-refractivity contribution in [3.05, 3.63) is 48.2 Å². The van der Waals surface area contributed by atoms with Crippen molar-refractivity contribution in [3.8, 4) is 0 Å². The van der Waals surface area contributed by atoms with Crippen LogP contribution in [0.3, 0.4) is 0 Å². The van der Waals surface area contributed by atoms with Gasteiger partial charge < -0.3 is 0 Å². The summed E-state index contributed by atoms with van der Waals surface area (Å²) in [7, 11) is 0. The molecule has 1 aromatic carbocycles. The second-order valence-corrected chi connectivity index (χ2v) is 5.97. The van der Waals surface area contributed by atoms with Gasteiger partial charge in [-0.25, -0.2) is 4.90 Å². The van der Waals surface area contributed by atoms with Gasteiger partial charge in [0, 0.05) is 11.1 Å². The lowest BCUT2D eigenvalue weighted by Crippen LogP contribution is -2.31. The van der Waals surface area contributed by atoms with Gasteiger partial charge in [0.05, 0.1) is 23.0 Å². The Morgan fingerprint density at radius 3 is 2.36 bits per heavy atom. The fourth-order valence-corrected chi connectivity index (χ4v) is 3.45. The molecule has 2 unspecified atom stereocenters. The molecule has 1 aliphatic heterocycles. The van der Waals surface area contributed by atoms with E-state index in [0.717, 1.165) is 16.6 Å². The monoisotopic (exact) mass is 292 g/mol. The Morgan fingerprint density at radius 1 is 1.00 bits per heavy atom. The normalized spacial score (nSPS) is 24.1. The largest absolute Gasteiger partial charge is 0.274 e. The van der Waals surface area contributed by atoms with E-state index in [1.807, 2.05) is 49.4 Å². The molecule has 4 heteroatoms. The molecule has 4 nitrogen and oxygen atoms in total. The van der Waals surface area contributed by atoms with Gasteiger partial charge in [0.1, 0.15) is 0 Å². The third-order valence-electron chi connectivity index (χ3n) is 4.59. The average molecular weight is 292 g/mol. The molecule has 0 bridgehead atoms. The molecule has 2 heterocycles. The second kappa shape index (κ2) is 4.77. The van der Waals surface area contributed by atoms with Crippen LogP contribution in [0, 0.1) is 18.8 Å². The number of benzene rings is 1.